The van der Waals surface area contributed by atoms with E-state index in [0.29, 0.717) is 0 Å². The zero-order valence-corrected chi connectivity index (χ0v) is 7.49. The first-order valence-electron chi connectivity index (χ1n) is 3.97. The highest BCUT2D eigenvalue weighted by atomic mass is 19.2. The number of benzene rings is 1. The van der Waals surface area contributed by atoms with E-state index in [2.05, 4.69) is 10.0 Å². The van der Waals surface area contributed by atoms with Crippen LogP contribution in [-0.2, 0) is 0 Å². The SMILES string of the molecule is [N-]=[N+]=NCC=Cc1cc(F)c(F)c(F)c1. The van der Waals surface area contributed by atoms with E-state index < -0.39 is 17.5 Å². The maximum atomic E-state index is 12.7. The molecule has 1 aromatic rings. The minimum atomic E-state index is -1.50. The van der Waals surface area contributed by atoms with Gasteiger partial charge in [-0.3, -0.25) is 0 Å². The summed E-state index contributed by atoms with van der Waals surface area (Å²) in [6.07, 6.45) is 2.74. The summed E-state index contributed by atoms with van der Waals surface area (Å²) in [5.41, 5.74) is 8.11. The second kappa shape index (κ2) is 5.07. The van der Waals surface area contributed by atoms with Crippen LogP contribution >= 0.6 is 0 Å². The molecule has 0 saturated heterocycles. The van der Waals surface area contributed by atoms with Gasteiger partial charge in [-0.15, -0.1) is 0 Å². The lowest BCUT2D eigenvalue weighted by Gasteiger charge is -1.97. The van der Waals surface area contributed by atoms with Gasteiger partial charge in [0.25, 0.3) is 0 Å². The largest absolute Gasteiger partial charge is 0.204 e. The van der Waals surface area contributed by atoms with Gasteiger partial charge in [-0.2, -0.15) is 0 Å². The smallest absolute Gasteiger partial charge is 0.194 e. The van der Waals surface area contributed by atoms with Gasteiger partial charge >= 0.3 is 0 Å². The van der Waals surface area contributed by atoms with Crippen molar-refractivity contribution < 1.29 is 13.2 Å². The standard InChI is InChI=1S/C9H6F3N3/c10-7-4-6(2-1-3-14-15-13)5-8(11)9(7)12/h1-2,4-5H,3H2. The van der Waals surface area contributed by atoms with Crippen LogP contribution in [0.1, 0.15) is 5.56 Å². The molecular weight excluding hydrogens is 207 g/mol. The Morgan fingerprint density at radius 2 is 1.87 bits per heavy atom. The quantitative estimate of drug-likeness (QED) is 0.319. The van der Waals surface area contributed by atoms with E-state index in [9.17, 15) is 13.2 Å². The van der Waals surface area contributed by atoms with Crippen molar-refractivity contribution in [2.75, 3.05) is 6.54 Å². The van der Waals surface area contributed by atoms with Gasteiger partial charge in [0.05, 0.1) is 0 Å². The molecule has 3 nitrogen and oxygen atoms in total. The van der Waals surface area contributed by atoms with Gasteiger partial charge in [0.15, 0.2) is 17.5 Å². The number of azide groups is 1. The Labute approximate surface area is 83.5 Å². The summed E-state index contributed by atoms with van der Waals surface area (Å²) in [5.74, 6) is -4.00. The first-order chi connectivity index (χ1) is 7.15. The summed E-state index contributed by atoms with van der Waals surface area (Å²) in [6, 6.07) is 1.70. The van der Waals surface area contributed by atoms with Crippen molar-refractivity contribution in [3.8, 4) is 0 Å². The number of hydrogen-bond acceptors (Lipinski definition) is 1. The fraction of sp³-hybridized carbons (Fsp3) is 0.111. The molecule has 0 aliphatic rings. The summed E-state index contributed by atoms with van der Waals surface area (Å²) < 4.78 is 37.9. The molecule has 0 atom stereocenters. The molecule has 0 aliphatic heterocycles. The van der Waals surface area contributed by atoms with Crippen molar-refractivity contribution in [2.45, 2.75) is 0 Å². The summed E-state index contributed by atoms with van der Waals surface area (Å²) >= 11 is 0. The van der Waals surface area contributed by atoms with Crippen molar-refractivity contribution in [2.24, 2.45) is 5.11 Å². The fourth-order valence-electron chi connectivity index (χ4n) is 0.944. The van der Waals surface area contributed by atoms with E-state index in [1.165, 1.54) is 12.2 Å². The second-order valence-corrected chi connectivity index (χ2v) is 2.61. The van der Waals surface area contributed by atoms with Crippen LogP contribution < -0.4 is 0 Å². The van der Waals surface area contributed by atoms with E-state index in [1.807, 2.05) is 0 Å². The first kappa shape index (κ1) is 11.1. The van der Waals surface area contributed by atoms with E-state index >= 15 is 0 Å². The lowest BCUT2D eigenvalue weighted by Crippen LogP contribution is -1.91. The molecule has 0 heterocycles. The summed E-state index contributed by atoms with van der Waals surface area (Å²) in [5, 5.41) is 3.18. The van der Waals surface area contributed by atoms with Crippen LogP contribution in [0.2, 0.25) is 0 Å². The number of rotatable bonds is 3. The van der Waals surface area contributed by atoms with Crippen LogP contribution in [0.25, 0.3) is 16.5 Å². The molecule has 1 aromatic carbocycles. The van der Waals surface area contributed by atoms with Gasteiger partial charge in [0.2, 0.25) is 0 Å². The molecule has 0 N–H and O–H groups in total. The molecule has 0 radical (unpaired) electrons. The van der Waals surface area contributed by atoms with E-state index in [0.717, 1.165) is 12.1 Å². The van der Waals surface area contributed by atoms with Crippen LogP contribution in [0.4, 0.5) is 13.2 Å². The third-order valence-corrected chi connectivity index (χ3v) is 1.57. The van der Waals surface area contributed by atoms with Crippen molar-refractivity contribution in [3.05, 3.63) is 51.7 Å². The van der Waals surface area contributed by atoms with Crippen LogP contribution in [0.15, 0.2) is 23.3 Å². The van der Waals surface area contributed by atoms with Gasteiger partial charge in [-0.05, 0) is 23.2 Å². The molecule has 78 valence electrons. The normalized spacial score (nSPS) is 10.3. The maximum Gasteiger partial charge on any atom is 0.194 e. The van der Waals surface area contributed by atoms with E-state index in [-0.39, 0.29) is 12.1 Å². The molecule has 0 fully saturated rings. The summed E-state index contributed by atoms with van der Waals surface area (Å²) in [6.45, 7) is 0.0666. The Balaban J connectivity index is 2.87. The minimum Gasteiger partial charge on any atom is -0.204 e. The van der Waals surface area contributed by atoms with Gasteiger partial charge in [0.1, 0.15) is 0 Å². The molecule has 0 unspecified atom stereocenters. The predicted molar refractivity (Wildman–Crippen MR) is 49.4 cm³/mol. The van der Waals surface area contributed by atoms with E-state index in [4.69, 9.17) is 5.53 Å². The lowest BCUT2D eigenvalue weighted by atomic mass is 10.2. The molecule has 1 rings (SSSR count). The van der Waals surface area contributed by atoms with Gasteiger partial charge in [-0.1, -0.05) is 17.3 Å². The summed E-state index contributed by atoms with van der Waals surface area (Å²) in [7, 11) is 0. The molecule has 6 heteroatoms. The molecule has 0 spiro atoms. The third kappa shape index (κ3) is 3.03. The van der Waals surface area contributed by atoms with Crippen LogP contribution in [0.5, 0.6) is 0 Å². The summed E-state index contributed by atoms with van der Waals surface area (Å²) in [4.78, 5) is 2.48. The molecule has 0 bridgehead atoms. The molecule has 15 heavy (non-hydrogen) atoms. The average Bonchev–Trinajstić information content (AvgIpc) is 2.21. The zero-order chi connectivity index (χ0) is 11.3. The Kier molecular flexibility index (Phi) is 3.76. The minimum absolute atomic E-state index is 0.0666. The second-order valence-electron chi connectivity index (χ2n) is 2.61. The Morgan fingerprint density at radius 3 is 2.40 bits per heavy atom. The first-order valence-corrected chi connectivity index (χ1v) is 3.97. The highest BCUT2D eigenvalue weighted by Gasteiger charge is 2.08. The highest BCUT2D eigenvalue weighted by Crippen LogP contribution is 2.14. The average molecular weight is 213 g/mol. The number of halogens is 3. The fourth-order valence-corrected chi connectivity index (χ4v) is 0.944. The highest BCUT2D eigenvalue weighted by molar-refractivity contribution is 5.49. The van der Waals surface area contributed by atoms with Gasteiger partial charge in [0, 0.05) is 11.5 Å². The zero-order valence-electron chi connectivity index (χ0n) is 7.49. The molecular formula is C9H6F3N3. The monoisotopic (exact) mass is 213 g/mol. The molecule has 0 amide bonds. The Bertz CT molecular complexity index is 413. The third-order valence-electron chi connectivity index (χ3n) is 1.57. The number of hydrogen-bond donors (Lipinski definition) is 0. The van der Waals surface area contributed by atoms with E-state index in [1.54, 1.807) is 0 Å². The van der Waals surface area contributed by atoms with Gasteiger partial charge < -0.3 is 0 Å². The Hall–Kier alpha value is -1.94. The lowest BCUT2D eigenvalue weighted by molar-refractivity contribution is 0.447. The molecule has 0 aliphatic carbocycles. The number of nitrogens with zero attached hydrogens (tertiary/aromatic N) is 3. The van der Waals surface area contributed by atoms with Crippen molar-refractivity contribution in [1.82, 2.24) is 0 Å². The van der Waals surface area contributed by atoms with Crippen molar-refractivity contribution in [3.63, 3.8) is 0 Å². The predicted octanol–water partition coefficient (Wildman–Crippen LogP) is 3.43. The molecule has 0 aromatic heterocycles. The van der Waals surface area contributed by atoms with Crippen molar-refractivity contribution >= 4 is 6.08 Å². The topological polar surface area (TPSA) is 48.8 Å². The van der Waals surface area contributed by atoms with Crippen LogP contribution in [0, 0.1) is 17.5 Å². The van der Waals surface area contributed by atoms with Crippen LogP contribution in [-0.4, -0.2) is 6.54 Å². The maximum absolute atomic E-state index is 12.7. The molecule has 0 saturated carbocycles. The van der Waals surface area contributed by atoms with Crippen molar-refractivity contribution in [1.29, 1.82) is 0 Å². The Morgan fingerprint density at radius 1 is 1.27 bits per heavy atom. The van der Waals surface area contributed by atoms with Gasteiger partial charge in [-0.25, -0.2) is 13.2 Å². The van der Waals surface area contributed by atoms with Crippen LogP contribution in [0.3, 0.4) is 0 Å².